The van der Waals surface area contributed by atoms with Gasteiger partial charge in [-0.25, -0.2) is 0 Å². The molecule has 1 heterocycles. The van der Waals surface area contributed by atoms with Crippen LogP contribution in [-0.4, -0.2) is 12.1 Å². The van der Waals surface area contributed by atoms with Gasteiger partial charge in [0.1, 0.15) is 6.10 Å². The molecule has 0 aromatic carbocycles. The lowest BCUT2D eigenvalue weighted by molar-refractivity contribution is -0.145. The molecule has 3 fully saturated rings. The number of carbonyl (C=O) groups is 1. The lowest BCUT2D eigenvalue weighted by Gasteiger charge is -2.43. The van der Waals surface area contributed by atoms with E-state index in [0.29, 0.717) is 17.9 Å². The van der Waals surface area contributed by atoms with E-state index in [2.05, 4.69) is 0 Å². The zero-order valence-electron chi connectivity index (χ0n) is 6.45. The fraction of sp³-hybridized carbons (Fsp3) is 0.889. The van der Waals surface area contributed by atoms with Crippen molar-refractivity contribution in [1.82, 2.24) is 0 Å². The van der Waals surface area contributed by atoms with Gasteiger partial charge in [-0.15, -0.1) is 0 Å². The summed E-state index contributed by atoms with van der Waals surface area (Å²) < 4.78 is 5.24. The zero-order chi connectivity index (χ0) is 7.42. The normalized spacial score (nSPS) is 52.9. The van der Waals surface area contributed by atoms with Crippen molar-refractivity contribution in [2.24, 2.45) is 17.8 Å². The highest BCUT2D eigenvalue weighted by molar-refractivity contribution is 5.76. The molecule has 4 atom stereocenters. The van der Waals surface area contributed by atoms with Gasteiger partial charge in [0, 0.05) is 5.92 Å². The third kappa shape index (κ3) is 0.608. The summed E-state index contributed by atoms with van der Waals surface area (Å²) in [6, 6.07) is 0. The van der Waals surface area contributed by atoms with Crippen molar-refractivity contribution in [3.63, 3.8) is 0 Å². The Morgan fingerprint density at radius 3 is 3.09 bits per heavy atom. The minimum atomic E-state index is 0.0993. The number of esters is 1. The van der Waals surface area contributed by atoms with Crippen molar-refractivity contribution in [2.75, 3.05) is 0 Å². The quantitative estimate of drug-likeness (QED) is 0.490. The number of ether oxygens (including phenoxy) is 1. The van der Waals surface area contributed by atoms with Gasteiger partial charge in [-0.2, -0.15) is 0 Å². The van der Waals surface area contributed by atoms with Crippen LogP contribution < -0.4 is 0 Å². The Labute approximate surface area is 65.9 Å². The van der Waals surface area contributed by atoms with E-state index in [1.165, 1.54) is 12.8 Å². The van der Waals surface area contributed by atoms with Gasteiger partial charge < -0.3 is 4.74 Å². The van der Waals surface area contributed by atoms with Crippen LogP contribution in [0.1, 0.15) is 25.7 Å². The minimum Gasteiger partial charge on any atom is -0.462 e. The lowest BCUT2D eigenvalue weighted by atomic mass is 9.60. The van der Waals surface area contributed by atoms with Crippen LogP contribution in [-0.2, 0) is 9.53 Å². The molecule has 0 N–H and O–H groups in total. The molecule has 2 heteroatoms. The molecule has 3 rings (SSSR count). The molecular weight excluding hydrogens is 140 g/mol. The van der Waals surface area contributed by atoms with Crippen LogP contribution in [0, 0.1) is 17.8 Å². The van der Waals surface area contributed by atoms with Gasteiger partial charge in [-0.1, -0.05) is 6.42 Å². The molecule has 0 amide bonds. The first-order valence-corrected chi connectivity index (χ1v) is 4.57. The standard InChI is InChI=1S/C9H12O2/c10-9-6-3-1-2-5-4-7(11-9)8(5)6/h5-8H,1-4H2. The van der Waals surface area contributed by atoms with E-state index in [0.717, 1.165) is 18.8 Å². The maximum Gasteiger partial charge on any atom is 0.309 e. The zero-order valence-corrected chi connectivity index (χ0v) is 6.45. The highest BCUT2D eigenvalue weighted by Gasteiger charge is 2.56. The van der Waals surface area contributed by atoms with Gasteiger partial charge in [-0.3, -0.25) is 4.79 Å². The summed E-state index contributed by atoms with van der Waals surface area (Å²) in [5.74, 6) is 1.87. The molecule has 1 saturated heterocycles. The fourth-order valence-electron chi connectivity index (χ4n) is 3.05. The van der Waals surface area contributed by atoms with Crippen molar-refractivity contribution in [2.45, 2.75) is 31.8 Å². The molecule has 60 valence electrons. The van der Waals surface area contributed by atoms with Crippen molar-refractivity contribution < 1.29 is 9.53 Å². The van der Waals surface area contributed by atoms with Gasteiger partial charge in [0.05, 0.1) is 5.92 Å². The Balaban J connectivity index is 1.92. The van der Waals surface area contributed by atoms with E-state index >= 15 is 0 Å². The maximum atomic E-state index is 11.2. The van der Waals surface area contributed by atoms with Crippen molar-refractivity contribution in [3.8, 4) is 0 Å². The molecule has 3 aliphatic rings. The Morgan fingerprint density at radius 2 is 2.27 bits per heavy atom. The van der Waals surface area contributed by atoms with Crippen molar-refractivity contribution in [1.29, 1.82) is 0 Å². The number of hydrogen-bond acceptors (Lipinski definition) is 2. The summed E-state index contributed by atoms with van der Waals surface area (Å²) in [5.41, 5.74) is 0. The van der Waals surface area contributed by atoms with Gasteiger partial charge in [0.2, 0.25) is 0 Å². The second-order valence-corrected chi connectivity index (χ2v) is 4.09. The number of hydrogen-bond donors (Lipinski definition) is 0. The monoisotopic (exact) mass is 152 g/mol. The predicted molar refractivity (Wildman–Crippen MR) is 38.8 cm³/mol. The van der Waals surface area contributed by atoms with E-state index in [9.17, 15) is 4.79 Å². The molecule has 0 spiro atoms. The average molecular weight is 152 g/mol. The van der Waals surface area contributed by atoms with E-state index in [4.69, 9.17) is 4.74 Å². The van der Waals surface area contributed by atoms with Crippen LogP contribution in [0.15, 0.2) is 0 Å². The van der Waals surface area contributed by atoms with Crippen LogP contribution in [0.4, 0.5) is 0 Å². The number of carbonyl (C=O) groups excluding carboxylic acids is 1. The van der Waals surface area contributed by atoms with Gasteiger partial charge in [-0.05, 0) is 25.2 Å². The van der Waals surface area contributed by atoms with Crippen LogP contribution in [0.5, 0.6) is 0 Å². The molecule has 1 aliphatic heterocycles. The largest absolute Gasteiger partial charge is 0.462 e. The highest BCUT2D eigenvalue weighted by atomic mass is 16.6. The van der Waals surface area contributed by atoms with Gasteiger partial charge in [0.15, 0.2) is 0 Å². The van der Waals surface area contributed by atoms with Crippen molar-refractivity contribution in [3.05, 3.63) is 0 Å². The van der Waals surface area contributed by atoms with Crippen molar-refractivity contribution >= 4 is 5.97 Å². The summed E-state index contributed by atoms with van der Waals surface area (Å²) in [6.45, 7) is 0. The Morgan fingerprint density at radius 1 is 1.36 bits per heavy atom. The first-order chi connectivity index (χ1) is 5.36. The molecule has 2 saturated carbocycles. The highest BCUT2D eigenvalue weighted by Crippen LogP contribution is 2.53. The SMILES string of the molecule is O=C1OC2CC3CCCC1C32. The van der Waals surface area contributed by atoms with E-state index < -0.39 is 0 Å². The van der Waals surface area contributed by atoms with Crippen LogP contribution in [0.2, 0.25) is 0 Å². The Bertz CT molecular complexity index is 212. The second-order valence-electron chi connectivity index (χ2n) is 4.09. The second kappa shape index (κ2) is 1.79. The minimum absolute atomic E-state index is 0.0993. The molecule has 0 bridgehead atoms. The third-order valence-corrected chi connectivity index (χ3v) is 3.63. The Kier molecular flexibility index (Phi) is 0.984. The molecule has 0 radical (unpaired) electrons. The van der Waals surface area contributed by atoms with Gasteiger partial charge >= 0.3 is 5.97 Å². The fourth-order valence-corrected chi connectivity index (χ4v) is 3.05. The predicted octanol–water partition coefficient (Wildman–Crippen LogP) is 1.35. The summed E-state index contributed by atoms with van der Waals surface area (Å²) in [4.78, 5) is 11.2. The van der Waals surface area contributed by atoms with E-state index in [-0.39, 0.29) is 5.97 Å². The molecular formula is C9H12O2. The van der Waals surface area contributed by atoms with Crippen LogP contribution >= 0.6 is 0 Å². The molecule has 0 aromatic heterocycles. The lowest BCUT2D eigenvalue weighted by Crippen LogP contribution is -2.43. The summed E-state index contributed by atoms with van der Waals surface area (Å²) in [7, 11) is 0. The third-order valence-electron chi connectivity index (χ3n) is 3.63. The van der Waals surface area contributed by atoms with Gasteiger partial charge in [0.25, 0.3) is 0 Å². The van der Waals surface area contributed by atoms with E-state index in [1.54, 1.807) is 0 Å². The number of rotatable bonds is 0. The molecule has 4 unspecified atom stereocenters. The smallest absolute Gasteiger partial charge is 0.309 e. The molecule has 0 aromatic rings. The molecule has 2 nitrogen and oxygen atoms in total. The van der Waals surface area contributed by atoms with Crippen LogP contribution in [0.3, 0.4) is 0 Å². The van der Waals surface area contributed by atoms with Crippen LogP contribution in [0.25, 0.3) is 0 Å². The summed E-state index contributed by atoms with van der Waals surface area (Å²) >= 11 is 0. The average Bonchev–Trinajstić information content (AvgIpc) is 2.25. The summed E-state index contributed by atoms with van der Waals surface area (Å²) in [5, 5.41) is 0. The maximum absolute atomic E-state index is 11.2. The summed E-state index contributed by atoms with van der Waals surface area (Å²) in [6.07, 6.45) is 5.17. The molecule has 2 aliphatic carbocycles. The Hall–Kier alpha value is -0.530. The molecule has 11 heavy (non-hydrogen) atoms. The van der Waals surface area contributed by atoms with E-state index in [1.807, 2.05) is 0 Å². The first-order valence-electron chi connectivity index (χ1n) is 4.57. The topological polar surface area (TPSA) is 26.3 Å². The first kappa shape index (κ1) is 6.04.